The third-order valence-corrected chi connectivity index (χ3v) is 11.9. The molecule has 0 N–H and O–H groups in total. The number of carbonyl (C=O) groups excluding carboxylic acids is 2. The predicted octanol–water partition coefficient (Wildman–Crippen LogP) is 6.21. The minimum atomic E-state index is 0.206. The Morgan fingerprint density at radius 2 is 1.04 bits per heavy atom. The Morgan fingerprint density at radius 3 is 1.44 bits per heavy atom. The van der Waals surface area contributed by atoms with Crippen LogP contribution in [-0.2, 0) is 0 Å². The molecule has 0 aromatic heterocycles. The Morgan fingerprint density at radius 1 is 0.640 bits per heavy atom. The van der Waals surface area contributed by atoms with E-state index in [1.54, 1.807) is 21.6 Å². The Hall–Kier alpha value is 1.71. The average molecular weight is 477 g/mol. The smallest absolute Gasteiger partial charge is 0.271 e. The molecule has 0 aliphatic carbocycles. The molecule has 144 valence electrons. The first kappa shape index (κ1) is 23.0. The maximum absolute atomic E-state index is 11.8. The highest BCUT2D eigenvalue weighted by atomic mass is 33.1. The van der Waals surface area contributed by atoms with Gasteiger partial charge in [-0.15, -0.1) is 0 Å². The van der Waals surface area contributed by atoms with Crippen molar-refractivity contribution in [3.63, 3.8) is 0 Å². The van der Waals surface area contributed by atoms with Crippen molar-refractivity contribution in [2.75, 3.05) is 49.2 Å². The molecule has 0 radical (unpaired) electrons. The van der Waals surface area contributed by atoms with Crippen LogP contribution >= 0.6 is 78.8 Å². The molecule has 0 aromatic rings. The van der Waals surface area contributed by atoms with Gasteiger partial charge in [0, 0.05) is 73.1 Å². The average Bonchev–Trinajstić information content (AvgIpc) is 3.27. The quantitative estimate of drug-likeness (QED) is 0.205. The highest BCUT2D eigenvalue weighted by Gasteiger charge is 2.17. The van der Waals surface area contributed by atoms with Crippen molar-refractivity contribution in [3.8, 4) is 0 Å². The van der Waals surface area contributed by atoms with E-state index in [0.29, 0.717) is 0 Å². The highest BCUT2D eigenvalue weighted by molar-refractivity contribution is 8.86. The van der Waals surface area contributed by atoms with Crippen LogP contribution in [-0.4, -0.2) is 66.7 Å². The summed E-state index contributed by atoms with van der Waals surface area (Å²) >= 11 is 4.66. The van der Waals surface area contributed by atoms with Crippen molar-refractivity contribution in [1.29, 1.82) is 0 Å². The normalized spacial score (nSPS) is 18.9. The fourth-order valence-corrected chi connectivity index (χ4v) is 10.2. The topological polar surface area (TPSA) is 40.6 Å². The van der Waals surface area contributed by atoms with Crippen LogP contribution in [0.4, 0.5) is 9.59 Å². The fraction of sp³-hybridized carbons (Fsp3) is 0.857. The lowest BCUT2D eigenvalue weighted by molar-refractivity contribution is 0.275. The van der Waals surface area contributed by atoms with Crippen molar-refractivity contribution in [2.24, 2.45) is 0 Å². The van der Waals surface area contributed by atoms with E-state index in [4.69, 9.17) is 0 Å². The molecule has 0 unspecified atom stereocenters. The van der Waals surface area contributed by atoms with E-state index < -0.39 is 0 Å². The molecule has 2 aliphatic heterocycles. The van der Waals surface area contributed by atoms with Crippen LogP contribution in [0.2, 0.25) is 0 Å². The summed E-state index contributed by atoms with van der Waals surface area (Å²) < 4.78 is 4.75. The van der Waals surface area contributed by atoms with Crippen LogP contribution < -0.4 is 0 Å². The molecule has 25 heavy (non-hydrogen) atoms. The van der Waals surface area contributed by atoms with E-state index >= 15 is 0 Å². The molecule has 0 saturated carbocycles. The van der Waals surface area contributed by atoms with Gasteiger partial charge in [-0.25, -0.2) is 8.61 Å². The molecular weight excluding hydrogens is 453 g/mol. The van der Waals surface area contributed by atoms with Gasteiger partial charge in [-0.1, -0.05) is 21.6 Å². The fourth-order valence-electron chi connectivity index (χ4n) is 2.27. The molecule has 0 atom stereocenters. The molecule has 2 saturated heterocycles. The minimum Gasteiger partial charge on any atom is -0.272 e. The van der Waals surface area contributed by atoms with E-state index in [2.05, 4.69) is 8.61 Å². The van der Waals surface area contributed by atoms with E-state index in [0.717, 1.165) is 49.2 Å². The van der Waals surface area contributed by atoms with Crippen LogP contribution in [0.15, 0.2) is 0 Å². The number of hydrogen-bond acceptors (Lipinski definition) is 11. The second kappa shape index (κ2) is 14.7. The van der Waals surface area contributed by atoms with Crippen LogP contribution in [0.25, 0.3) is 0 Å². The van der Waals surface area contributed by atoms with Crippen molar-refractivity contribution in [1.82, 2.24) is 8.61 Å². The molecule has 2 fully saturated rings. The van der Waals surface area contributed by atoms with E-state index in [9.17, 15) is 9.59 Å². The lowest BCUT2D eigenvalue weighted by atomic mass is 10.4. The van der Waals surface area contributed by atoms with Crippen molar-refractivity contribution in [2.45, 2.75) is 25.7 Å². The summed E-state index contributed by atoms with van der Waals surface area (Å²) in [5, 5.41) is 0. The first-order chi connectivity index (χ1) is 12.2. The molecule has 0 aromatic carbocycles. The Bertz CT molecular complexity index is 369. The van der Waals surface area contributed by atoms with Gasteiger partial charge in [0.05, 0.1) is 0 Å². The largest absolute Gasteiger partial charge is 0.272 e. The third-order valence-electron chi connectivity index (χ3n) is 3.41. The Kier molecular flexibility index (Phi) is 13.5. The van der Waals surface area contributed by atoms with Gasteiger partial charge in [0.25, 0.3) is 8.89 Å². The number of hydrogen-bond donors (Lipinski definition) is 0. The monoisotopic (exact) mass is 476 g/mol. The van der Waals surface area contributed by atoms with E-state index in [1.165, 1.54) is 71.2 Å². The van der Waals surface area contributed by atoms with E-state index in [-0.39, 0.29) is 8.89 Å². The number of carbonyl (C=O) groups is 2. The first-order valence-corrected chi connectivity index (χ1v) is 15.7. The molecule has 0 bridgehead atoms. The van der Waals surface area contributed by atoms with Gasteiger partial charge in [-0.05, 0) is 47.3 Å². The number of nitrogens with zero attached hydrogens (tertiary/aromatic N) is 2. The predicted molar refractivity (Wildman–Crippen MR) is 125 cm³/mol. The first-order valence-electron chi connectivity index (χ1n) is 8.34. The summed E-state index contributed by atoms with van der Waals surface area (Å²) in [6, 6.07) is 0. The molecule has 2 heterocycles. The molecule has 2 aliphatic rings. The summed E-state index contributed by atoms with van der Waals surface area (Å²) in [4.78, 5) is 23.5. The third kappa shape index (κ3) is 11.3. The number of thioether (sulfide) groups is 1. The second-order valence-corrected chi connectivity index (χ2v) is 14.0. The van der Waals surface area contributed by atoms with Gasteiger partial charge >= 0.3 is 0 Å². The molecule has 2 rings (SSSR count). The molecule has 4 nitrogen and oxygen atoms in total. The zero-order valence-corrected chi connectivity index (χ0v) is 19.8. The van der Waals surface area contributed by atoms with Gasteiger partial charge < -0.3 is 0 Å². The van der Waals surface area contributed by atoms with Gasteiger partial charge in [0.2, 0.25) is 0 Å². The van der Waals surface area contributed by atoms with E-state index in [1.807, 2.05) is 11.8 Å². The Balaban J connectivity index is 1.32. The standard InChI is InChI=1S/C14H24N2O2S7/c17-13(22-15-5-1-2-6-15)24-20-11-9-19-10-12-21-25-14(18)23-16-7-3-4-8-16/h1-12H2. The van der Waals surface area contributed by atoms with Gasteiger partial charge in [-0.2, -0.15) is 11.8 Å². The van der Waals surface area contributed by atoms with Crippen molar-refractivity contribution >= 4 is 87.7 Å². The van der Waals surface area contributed by atoms with Crippen molar-refractivity contribution < 1.29 is 9.59 Å². The molecule has 0 spiro atoms. The minimum absolute atomic E-state index is 0.206. The number of rotatable bonds is 10. The molecule has 0 amide bonds. The van der Waals surface area contributed by atoms with Crippen LogP contribution in [0, 0.1) is 0 Å². The lowest BCUT2D eigenvalue weighted by Crippen LogP contribution is -2.10. The maximum atomic E-state index is 11.8. The summed E-state index contributed by atoms with van der Waals surface area (Å²) in [7, 11) is 6.06. The summed E-state index contributed by atoms with van der Waals surface area (Å²) in [5.41, 5.74) is 0. The van der Waals surface area contributed by atoms with Crippen LogP contribution in [0.3, 0.4) is 0 Å². The molecule has 11 heteroatoms. The second-order valence-electron chi connectivity index (χ2n) is 5.38. The van der Waals surface area contributed by atoms with Crippen LogP contribution in [0.1, 0.15) is 25.7 Å². The summed E-state index contributed by atoms with van der Waals surface area (Å²) in [6.07, 6.45) is 4.86. The summed E-state index contributed by atoms with van der Waals surface area (Å²) in [5.74, 6) is 4.09. The summed E-state index contributed by atoms with van der Waals surface area (Å²) in [6.45, 7) is 4.19. The van der Waals surface area contributed by atoms with Gasteiger partial charge in [0.15, 0.2) is 0 Å². The molecular formula is C14H24N2O2S7. The van der Waals surface area contributed by atoms with Gasteiger partial charge in [-0.3, -0.25) is 9.59 Å². The lowest BCUT2D eigenvalue weighted by Gasteiger charge is -2.10. The zero-order chi connectivity index (χ0) is 17.7. The van der Waals surface area contributed by atoms with Crippen LogP contribution in [0.5, 0.6) is 0 Å². The Labute approximate surface area is 179 Å². The zero-order valence-electron chi connectivity index (χ0n) is 14.1. The maximum Gasteiger partial charge on any atom is 0.271 e. The highest BCUT2D eigenvalue weighted by Crippen LogP contribution is 2.34. The SMILES string of the molecule is O=C(SSCCSCCSSC(=O)SN1CCCC1)SN1CCCC1. The van der Waals surface area contributed by atoms with Gasteiger partial charge in [0.1, 0.15) is 0 Å². The van der Waals surface area contributed by atoms with Crippen molar-refractivity contribution in [3.05, 3.63) is 0 Å².